The number of fused-ring (bicyclic) bond motifs is 1. The molecular weight excluding hydrogens is 356 g/mol. The van der Waals surface area contributed by atoms with Crippen LogP contribution in [-0.2, 0) is 0 Å². The first-order valence-corrected chi connectivity index (χ1v) is 7.73. The molecule has 0 spiro atoms. The molecule has 0 aliphatic carbocycles. The lowest BCUT2D eigenvalue weighted by atomic mass is 9.95. The molecule has 0 aromatic heterocycles. The standard InChI is InChI=1S/C16H14BrClO3/c1-20-10-3-5-15-12(7-10)14(19)8-16(21-15)11-6-9(17)2-4-13(11)18/h2-7,14,16,19H,8H2,1H3. The van der Waals surface area contributed by atoms with E-state index in [-0.39, 0.29) is 6.10 Å². The summed E-state index contributed by atoms with van der Waals surface area (Å²) in [6, 6.07) is 11.1. The summed E-state index contributed by atoms with van der Waals surface area (Å²) in [5.41, 5.74) is 1.61. The molecule has 2 atom stereocenters. The third kappa shape index (κ3) is 2.89. The molecule has 0 bridgehead atoms. The van der Waals surface area contributed by atoms with Gasteiger partial charge in [-0.05, 0) is 36.4 Å². The highest BCUT2D eigenvalue weighted by Crippen LogP contribution is 2.43. The quantitative estimate of drug-likeness (QED) is 0.836. The normalized spacial score (nSPS) is 20.6. The summed E-state index contributed by atoms with van der Waals surface area (Å²) in [5.74, 6) is 1.37. The van der Waals surface area contributed by atoms with Crippen molar-refractivity contribution in [2.24, 2.45) is 0 Å². The highest BCUT2D eigenvalue weighted by Gasteiger charge is 2.29. The molecule has 21 heavy (non-hydrogen) atoms. The first kappa shape index (κ1) is 14.7. The largest absolute Gasteiger partial charge is 0.497 e. The highest BCUT2D eigenvalue weighted by atomic mass is 79.9. The summed E-state index contributed by atoms with van der Waals surface area (Å²) < 4.78 is 12.1. The fourth-order valence-electron chi connectivity index (χ4n) is 2.50. The second-order valence-electron chi connectivity index (χ2n) is 4.93. The van der Waals surface area contributed by atoms with Gasteiger partial charge in [-0.25, -0.2) is 0 Å². The monoisotopic (exact) mass is 368 g/mol. The molecule has 1 heterocycles. The maximum Gasteiger partial charge on any atom is 0.128 e. The van der Waals surface area contributed by atoms with E-state index in [9.17, 15) is 5.11 Å². The molecular formula is C16H14BrClO3. The van der Waals surface area contributed by atoms with E-state index in [1.165, 1.54) is 0 Å². The molecule has 0 saturated heterocycles. The molecule has 3 nitrogen and oxygen atoms in total. The Labute approximate surface area is 136 Å². The second-order valence-corrected chi connectivity index (χ2v) is 6.25. The highest BCUT2D eigenvalue weighted by molar-refractivity contribution is 9.10. The zero-order chi connectivity index (χ0) is 15.0. The molecule has 0 amide bonds. The number of halogens is 2. The number of aliphatic hydroxyl groups is 1. The van der Waals surface area contributed by atoms with Gasteiger partial charge in [-0.2, -0.15) is 0 Å². The van der Waals surface area contributed by atoms with Crippen molar-refractivity contribution in [1.82, 2.24) is 0 Å². The van der Waals surface area contributed by atoms with Crippen molar-refractivity contribution in [2.75, 3.05) is 7.11 Å². The first-order chi connectivity index (χ1) is 10.1. The summed E-state index contributed by atoms with van der Waals surface area (Å²) in [5, 5.41) is 11.0. The molecule has 1 aliphatic rings. The number of methoxy groups -OCH3 is 1. The van der Waals surface area contributed by atoms with Crippen LogP contribution in [0.4, 0.5) is 0 Å². The minimum Gasteiger partial charge on any atom is -0.497 e. The minimum absolute atomic E-state index is 0.272. The van der Waals surface area contributed by atoms with Crippen LogP contribution in [0.3, 0.4) is 0 Å². The average Bonchev–Trinajstić information content (AvgIpc) is 2.49. The summed E-state index contributed by atoms with van der Waals surface area (Å²) >= 11 is 9.68. The fourth-order valence-corrected chi connectivity index (χ4v) is 3.12. The molecule has 0 fully saturated rings. The van der Waals surface area contributed by atoms with Gasteiger partial charge >= 0.3 is 0 Å². The summed E-state index contributed by atoms with van der Waals surface area (Å²) in [7, 11) is 1.60. The number of hydrogen-bond acceptors (Lipinski definition) is 3. The molecule has 1 aliphatic heterocycles. The number of hydrogen-bond donors (Lipinski definition) is 1. The Hall–Kier alpha value is -1.23. The van der Waals surface area contributed by atoms with E-state index < -0.39 is 6.10 Å². The van der Waals surface area contributed by atoms with Gasteiger partial charge in [0.25, 0.3) is 0 Å². The SMILES string of the molecule is COc1ccc2c(c1)C(O)CC(c1cc(Br)ccc1Cl)O2. The Morgan fingerprint density at radius 2 is 2.05 bits per heavy atom. The summed E-state index contributed by atoms with van der Waals surface area (Å²) in [6.07, 6.45) is -0.425. The van der Waals surface area contributed by atoms with Crippen LogP contribution in [0.2, 0.25) is 5.02 Å². The van der Waals surface area contributed by atoms with Crippen molar-refractivity contribution in [3.8, 4) is 11.5 Å². The van der Waals surface area contributed by atoms with E-state index >= 15 is 0 Å². The molecule has 0 saturated carbocycles. The van der Waals surface area contributed by atoms with Crippen molar-refractivity contribution in [2.45, 2.75) is 18.6 Å². The van der Waals surface area contributed by atoms with Crippen LogP contribution in [0, 0.1) is 0 Å². The molecule has 2 unspecified atom stereocenters. The maximum absolute atomic E-state index is 10.4. The van der Waals surface area contributed by atoms with E-state index in [1.54, 1.807) is 13.2 Å². The van der Waals surface area contributed by atoms with Gasteiger partial charge in [-0.1, -0.05) is 27.5 Å². The van der Waals surface area contributed by atoms with E-state index in [2.05, 4.69) is 15.9 Å². The molecule has 5 heteroatoms. The lowest BCUT2D eigenvalue weighted by molar-refractivity contribution is 0.0655. The van der Waals surface area contributed by atoms with Gasteiger partial charge in [-0.3, -0.25) is 0 Å². The summed E-state index contributed by atoms with van der Waals surface area (Å²) in [4.78, 5) is 0. The van der Waals surface area contributed by atoms with Crippen LogP contribution >= 0.6 is 27.5 Å². The van der Waals surface area contributed by atoms with Crippen molar-refractivity contribution >= 4 is 27.5 Å². The molecule has 0 radical (unpaired) electrons. The van der Waals surface area contributed by atoms with Crippen molar-refractivity contribution < 1.29 is 14.6 Å². The lowest BCUT2D eigenvalue weighted by Gasteiger charge is -2.30. The molecule has 2 aromatic rings. The van der Waals surface area contributed by atoms with Gasteiger partial charge in [0.2, 0.25) is 0 Å². The van der Waals surface area contributed by atoms with Crippen LogP contribution in [0.25, 0.3) is 0 Å². The number of aliphatic hydroxyl groups excluding tert-OH is 1. The molecule has 2 aromatic carbocycles. The Bertz CT molecular complexity index is 675. The molecule has 1 N–H and O–H groups in total. The minimum atomic E-state index is -0.608. The number of benzene rings is 2. The average molecular weight is 370 g/mol. The van der Waals surface area contributed by atoms with Crippen LogP contribution in [0.15, 0.2) is 40.9 Å². The van der Waals surface area contributed by atoms with Crippen molar-refractivity contribution in [3.63, 3.8) is 0 Å². The van der Waals surface area contributed by atoms with E-state index in [0.29, 0.717) is 22.9 Å². The molecule has 110 valence electrons. The van der Waals surface area contributed by atoms with Crippen LogP contribution in [0.1, 0.15) is 29.8 Å². The van der Waals surface area contributed by atoms with Gasteiger partial charge in [0.15, 0.2) is 0 Å². The van der Waals surface area contributed by atoms with E-state index in [4.69, 9.17) is 21.1 Å². The molecule has 3 rings (SSSR count). The Morgan fingerprint density at radius 1 is 1.24 bits per heavy atom. The predicted octanol–water partition coefficient (Wildman–Crippen LogP) is 4.67. The lowest BCUT2D eigenvalue weighted by Crippen LogP contribution is -2.19. The van der Waals surface area contributed by atoms with E-state index in [1.807, 2.05) is 30.3 Å². The van der Waals surface area contributed by atoms with Gasteiger partial charge in [0.05, 0.1) is 13.2 Å². The predicted molar refractivity (Wildman–Crippen MR) is 85.1 cm³/mol. The summed E-state index contributed by atoms with van der Waals surface area (Å²) in [6.45, 7) is 0. The first-order valence-electron chi connectivity index (χ1n) is 6.56. The van der Waals surface area contributed by atoms with Crippen LogP contribution in [-0.4, -0.2) is 12.2 Å². The van der Waals surface area contributed by atoms with Crippen LogP contribution < -0.4 is 9.47 Å². The van der Waals surface area contributed by atoms with Gasteiger partial charge in [-0.15, -0.1) is 0 Å². The Kier molecular flexibility index (Phi) is 4.11. The topological polar surface area (TPSA) is 38.7 Å². The van der Waals surface area contributed by atoms with Crippen molar-refractivity contribution in [3.05, 3.63) is 57.0 Å². The third-order valence-electron chi connectivity index (χ3n) is 3.59. The van der Waals surface area contributed by atoms with Crippen LogP contribution in [0.5, 0.6) is 11.5 Å². The zero-order valence-electron chi connectivity index (χ0n) is 11.3. The third-order valence-corrected chi connectivity index (χ3v) is 4.42. The Morgan fingerprint density at radius 3 is 2.81 bits per heavy atom. The van der Waals surface area contributed by atoms with Gasteiger partial charge in [0.1, 0.15) is 17.6 Å². The fraction of sp³-hybridized carbons (Fsp3) is 0.250. The number of rotatable bonds is 2. The number of ether oxygens (including phenoxy) is 2. The van der Waals surface area contributed by atoms with E-state index in [0.717, 1.165) is 15.6 Å². The zero-order valence-corrected chi connectivity index (χ0v) is 13.7. The Balaban J connectivity index is 1.96. The smallest absolute Gasteiger partial charge is 0.128 e. The maximum atomic E-state index is 10.4. The van der Waals surface area contributed by atoms with Gasteiger partial charge in [0, 0.05) is 27.0 Å². The van der Waals surface area contributed by atoms with Crippen molar-refractivity contribution in [1.29, 1.82) is 0 Å². The van der Waals surface area contributed by atoms with Gasteiger partial charge < -0.3 is 14.6 Å². The second kappa shape index (κ2) is 5.87.